The molecule has 2 radical (unpaired) electrons. The van der Waals surface area contributed by atoms with Crippen LogP contribution in [0.1, 0.15) is 0 Å². The molecule has 0 fully saturated rings. The first-order valence-electron chi connectivity index (χ1n) is 4.38. The summed E-state index contributed by atoms with van der Waals surface area (Å²) in [6.07, 6.45) is 3.19. The minimum Gasteiger partial charge on any atom is -0.456 e. The lowest BCUT2D eigenvalue weighted by Crippen LogP contribution is -2.07. The number of benzene rings is 1. The van der Waals surface area contributed by atoms with Crippen molar-refractivity contribution in [2.24, 2.45) is 0 Å². The fourth-order valence-electron chi connectivity index (χ4n) is 1.11. The second-order valence-electron chi connectivity index (χ2n) is 2.97. The maximum atomic E-state index is 13.1. The van der Waals surface area contributed by atoms with E-state index >= 15 is 0 Å². The lowest BCUT2D eigenvalue weighted by atomic mass is 9.96. The summed E-state index contributed by atoms with van der Waals surface area (Å²) < 4.78 is 18.4. The predicted octanol–water partition coefficient (Wildman–Crippen LogP) is 1.81. The van der Waals surface area contributed by atoms with Gasteiger partial charge in [-0.3, -0.25) is 4.98 Å². The first-order valence-corrected chi connectivity index (χ1v) is 4.38. The van der Waals surface area contributed by atoms with Gasteiger partial charge >= 0.3 is 0 Å². The quantitative estimate of drug-likeness (QED) is 0.688. The van der Waals surface area contributed by atoms with Crippen LogP contribution in [-0.4, -0.2) is 12.8 Å². The molecule has 0 atom stereocenters. The predicted molar refractivity (Wildman–Crippen MR) is 56.1 cm³/mol. The van der Waals surface area contributed by atoms with Gasteiger partial charge in [0, 0.05) is 12.3 Å². The van der Waals surface area contributed by atoms with Gasteiger partial charge in [0.25, 0.3) is 0 Å². The van der Waals surface area contributed by atoms with Crippen molar-refractivity contribution in [1.82, 2.24) is 4.98 Å². The topological polar surface area (TPSA) is 22.1 Å². The monoisotopic (exact) mass is 199 g/mol. The molecule has 1 heterocycles. The van der Waals surface area contributed by atoms with Gasteiger partial charge in [-0.25, -0.2) is 4.39 Å². The van der Waals surface area contributed by atoms with E-state index in [2.05, 4.69) is 4.98 Å². The zero-order valence-corrected chi connectivity index (χ0v) is 7.85. The zero-order chi connectivity index (χ0) is 10.7. The van der Waals surface area contributed by atoms with Crippen LogP contribution in [-0.2, 0) is 0 Å². The van der Waals surface area contributed by atoms with E-state index in [0.717, 1.165) is 0 Å². The largest absolute Gasteiger partial charge is 0.456 e. The fourth-order valence-corrected chi connectivity index (χ4v) is 1.11. The van der Waals surface area contributed by atoms with E-state index in [-0.39, 0.29) is 5.46 Å². The minimum atomic E-state index is -0.489. The summed E-state index contributed by atoms with van der Waals surface area (Å²) in [5.41, 5.74) is 0.105. The molecule has 0 spiro atoms. The molecule has 2 rings (SSSR count). The summed E-state index contributed by atoms with van der Waals surface area (Å²) in [4.78, 5) is 3.88. The van der Waals surface area contributed by atoms with Gasteiger partial charge in [0.1, 0.15) is 25.2 Å². The Morgan fingerprint density at radius 3 is 2.73 bits per heavy atom. The molecule has 2 aromatic rings. The van der Waals surface area contributed by atoms with E-state index in [1.165, 1.54) is 12.1 Å². The number of ether oxygens (including phenoxy) is 1. The van der Waals surface area contributed by atoms with Crippen molar-refractivity contribution in [2.75, 3.05) is 0 Å². The molecule has 4 heteroatoms. The highest BCUT2D eigenvalue weighted by Gasteiger charge is 2.00. The van der Waals surface area contributed by atoms with E-state index in [1.807, 2.05) is 0 Å². The van der Waals surface area contributed by atoms with E-state index in [4.69, 9.17) is 12.6 Å². The fraction of sp³-hybridized carbons (Fsp3) is 0. The lowest BCUT2D eigenvalue weighted by Gasteiger charge is -2.05. The van der Waals surface area contributed by atoms with E-state index in [1.54, 1.807) is 30.6 Å². The number of aromatic nitrogens is 1. The van der Waals surface area contributed by atoms with Gasteiger partial charge in [-0.15, -0.1) is 0 Å². The maximum absolute atomic E-state index is 13.1. The van der Waals surface area contributed by atoms with E-state index in [0.29, 0.717) is 11.5 Å². The summed E-state index contributed by atoms with van der Waals surface area (Å²) >= 11 is 0. The van der Waals surface area contributed by atoms with Crippen molar-refractivity contribution >= 4 is 13.3 Å². The molecule has 0 saturated carbocycles. The molecule has 0 N–H and O–H groups in total. The Labute approximate surface area is 88.1 Å². The second kappa shape index (κ2) is 4.13. The van der Waals surface area contributed by atoms with Crippen LogP contribution in [0, 0.1) is 5.82 Å². The van der Waals surface area contributed by atoms with Gasteiger partial charge in [0.05, 0.1) is 6.20 Å². The molecular weight excluding hydrogens is 192 g/mol. The Morgan fingerprint density at radius 2 is 2.07 bits per heavy atom. The number of rotatable bonds is 2. The van der Waals surface area contributed by atoms with Gasteiger partial charge in [-0.2, -0.15) is 0 Å². The highest BCUT2D eigenvalue weighted by molar-refractivity contribution is 6.32. The van der Waals surface area contributed by atoms with Crippen molar-refractivity contribution in [3.8, 4) is 11.5 Å². The van der Waals surface area contributed by atoms with Gasteiger partial charge in [0.15, 0.2) is 0 Å². The summed E-state index contributed by atoms with van der Waals surface area (Å²) in [5, 5.41) is 0. The molecule has 1 aromatic carbocycles. The van der Waals surface area contributed by atoms with E-state index < -0.39 is 5.82 Å². The van der Waals surface area contributed by atoms with Gasteiger partial charge < -0.3 is 4.74 Å². The average Bonchev–Trinajstić information content (AvgIpc) is 2.25. The number of hydrogen-bond donors (Lipinski definition) is 0. The van der Waals surface area contributed by atoms with Crippen LogP contribution in [0.4, 0.5) is 4.39 Å². The summed E-state index contributed by atoms with van der Waals surface area (Å²) in [5.74, 6) is 0.466. The Hall–Kier alpha value is -1.84. The Morgan fingerprint density at radius 1 is 1.20 bits per heavy atom. The van der Waals surface area contributed by atoms with Gasteiger partial charge in [0.2, 0.25) is 0 Å². The van der Waals surface area contributed by atoms with Gasteiger partial charge in [-0.1, -0.05) is 11.5 Å². The van der Waals surface area contributed by atoms with Crippen molar-refractivity contribution in [3.63, 3.8) is 0 Å². The molecule has 0 unspecified atom stereocenters. The number of hydrogen-bond acceptors (Lipinski definition) is 2. The first-order chi connectivity index (χ1) is 7.25. The van der Waals surface area contributed by atoms with Crippen molar-refractivity contribution in [1.29, 1.82) is 0 Å². The van der Waals surface area contributed by atoms with Crippen molar-refractivity contribution in [3.05, 3.63) is 48.5 Å². The molecule has 0 aliphatic heterocycles. The van der Waals surface area contributed by atoms with E-state index in [9.17, 15) is 4.39 Å². The third kappa shape index (κ3) is 2.34. The Kier molecular flexibility index (Phi) is 2.67. The number of halogens is 1. The smallest absolute Gasteiger partial charge is 0.145 e. The third-order valence-corrected chi connectivity index (χ3v) is 1.84. The van der Waals surface area contributed by atoms with Crippen LogP contribution >= 0.6 is 0 Å². The molecule has 0 aliphatic carbocycles. The second-order valence-corrected chi connectivity index (χ2v) is 2.97. The molecule has 0 bridgehead atoms. The Bertz CT molecular complexity index is 461. The molecule has 15 heavy (non-hydrogen) atoms. The van der Waals surface area contributed by atoms with Crippen LogP contribution < -0.4 is 10.2 Å². The SMILES string of the molecule is [B]c1ccc(Oc2cccnc2)cc1F. The molecular formula is C11H7BFNO. The molecule has 0 amide bonds. The van der Waals surface area contributed by atoms with Crippen LogP contribution in [0.2, 0.25) is 0 Å². The summed E-state index contributed by atoms with van der Waals surface area (Å²) in [6, 6.07) is 7.78. The average molecular weight is 199 g/mol. The minimum absolute atomic E-state index is 0.105. The highest BCUT2D eigenvalue weighted by atomic mass is 19.1. The van der Waals surface area contributed by atoms with Crippen LogP contribution in [0.3, 0.4) is 0 Å². The van der Waals surface area contributed by atoms with Crippen molar-refractivity contribution < 1.29 is 9.13 Å². The number of nitrogens with zero attached hydrogens (tertiary/aromatic N) is 1. The molecule has 2 nitrogen and oxygen atoms in total. The summed E-state index contributed by atoms with van der Waals surface area (Å²) in [6.45, 7) is 0. The van der Waals surface area contributed by atoms with Crippen molar-refractivity contribution in [2.45, 2.75) is 0 Å². The standard InChI is InChI=1S/C11H7BFNO/c12-10-4-3-8(6-11(10)13)15-9-2-1-5-14-7-9/h1-7H. The van der Waals surface area contributed by atoms with Crippen LogP contribution in [0.25, 0.3) is 0 Å². The lowest BCUT2D eigenvalue weighted by molar-refractivity contribution is 0.475. The first kappa shape index (κ1) is 9.71. The normalized spacial score (nSPS) is 9.93. The molecule has 1 aromatic heterocycles. The zero-order valence-electron chi connectivity index (χ0n) is 7.85. The third-order valence-electron chi connectivity index (χ3n) is 1.84. The molecule has 0 saturated heterocycles. The maximum Gasteiger partial charge on any atom is 0.145 e. The Balaban J connectivity index is 2.22. The molecule has 72 valence electrons. The van der Waals surface area contributed by atoms with Gasteiger partial charge in [-0.05, 0) is 18.2 Å². The number of pyridine rings is 1. The highest BCUT2D eigenvalue weighted by Crippen LogP contribution is 2.19. The molecule has 0 aliphatic rings. The van der Waals surface area contributed by atoms with Crippen LogP contribution in [0.5, 0.6) is 11.5 Å². The summed E-state index contributed by atoms with van der Waals surface area (Å²) in [7, 11) is 5.34. The van der Waals surface area contributed by atoms with Crippen LogP contribution in [0.15, 0.2) is 42.7 Å².